The molecule has 1 aromatic carbocycles. The SMILES string of the molecule is CCN(CC)C(=O)C(C)N[C@H](C)c1ccc(OC)cc1. The first-order chi connectivity index (χ1) is 9.53. The minimum atomic E-state index is -0.188. The molecular weight excluding hydrogens is 252 g/mol. The Morgan fingerprint density at radius 2 is 1.75 bits per heavy atom. The summed E-state index contributed by atoms with van der Waals surface area (Å²) in [5.74, 6) is 0.989. The molecule has 4 nitrogen and oxygen atoms in total. The number of nitrogens with zero attached hydrogens (tertiary/aromatic N) is 1. The highest BCUT2D eigenvalue weighted by Crippen LogP contribution is 2.17. The first-order valence-electron chi connectivity index (χ1n) is 7.22. The normalized spacial score (nSPS) is 13.7. The summed E-state index contributed by atoms with van der Waals surface area (Å²) in [7, 11) is 1.65. The number of ether oxygens (including phenoxy) is 1. The van der Waals surface area contributed by atoms with Crippen LogP contribution >= 0.6 is 0 Å². The van der Waals surface area contributed by atoms with Crippen molar-refractivity contribution in [1.29, 1.82) is 0 Å². The number of likely N-dealkylation sites (N-methyl/N-ethyl adjacent to an activating group) is 1. The molecule has 1 amide bonds. The maximum Gasteiger partial charge on any atom is 0.239 e. The molecular formula is C16H26N2O2. The largest absolute Gasteiger partial charge is 0.497 e. The van der Waals surface area contributed by atoms with Crippen LogP contribution < -0.4 is 10.1 Å². The van der Waals surface area contributed by atoms with Gasteiger partial charge in [-0.15, -0.1) is 0 Å². The molecule has 0 heterocycles. The van der Waals surface area contributed by atoms with E-state index in [0.717, 1.165) is 24.4 Å². The Bertz CT molecular complexity index is 413. The third-order valence-electron chi connectivity index (χ3n) is 3.56. The van der Waals surface area contributed by atoms with Gasteiger partial charge in [0.25, 0.3) is 0 Å². The Morgan fingerprint density at radius 3 is 2.20 bits per heavy atom. The van der Waals surface area contributed by atoms with Crippen molar-refractivity contribution in [2.75, 3.05) is 20.2 Å². The van der Waals surface area contributed by atoms with Gasteiger partial charge in [0.15, 0.2) is 0 Å². The Kier molecular flexibility index (Phi) is 6.52. The first-order valence-corrected chi connectivity index (χ1v) is 7.22. The molecule has 4 heteroatoms. The predicted octanol–water partition coefficient (Wildman–Crippen LogP) is 2.60. The van der Waals surface area contributed by atoms with Gasteiger partial charge in [-0.2, -0.15) is 0 Å². The molecule has 0 aromatic heterocycles. The summed E-state index contributed by atoms with van der Waals surface area (Å²) >= 11 is 0. The number of hydrogen-bond donors (Lipinski definition) is 1. The second-order valence-electron chi connectivity index (χ2n) is 4.89. The van der Waals surface area contributed by atoms with Gasteiger partial charge in [-0.05, 0) is 45.4 Å². The first kappa shape index (κ1) is 16.5. The summed E-state index contributed by atoms with van der Waals surface area (Å²) in [6.07, 6.45) is 0. The monoisotopic (exact) mass is 278 g/mol. The number of amides is 1. The number of carbonyl (C=O) groups is 1. The molecule has 2 atom stereocenters. The molecule has 0 saturated carbocycles. The lowest BCUT2D eigenvalue weighted by atomic mass is 10.1. The lowest BCUT2D eigenvalue weighted by Gasteiger charge is -2.26. The Hall–Kier alpha value is -1.55. The van der Waals surface area contributed by atoms with E-state index >= 15 is 0 Å². The van der Waals surface area contributed by atoms with E-state index in [9.17, 15) is 4.79 Å². The van der Waals surface area contributed by atoms with E-state index in [1.54, 1.807) is 7.11 Å². The summed E-state index contributed by atoms with van der Waals surface area (Å²) in [5, 5.41) is 3.35. The Balaban J connectivity index is 2.64. The maximum absolute atomic E-state index is 12.2. The summed E-state index contributed by atoms with van der Waals surface area (Å²) in [6.45, 7) is 9.48. The number of rotatable bonds is 7. The van der Waals surface area contributed by atoms with Crippen LogP contribution in [0.15, 0.2) is 24.3 Å². The average molecular weight is 278 g/mol. The van der Waals surface area contributed by atoms with E-state index in [2.05, 4.69) is 12.2 Å². The van der Waals surface area contributed by atoms with Crippen LogP contribution in [0.5, 0.6) is 5.75 Å². The van der Waals surface area contributed by atoms with Crippen molar-refractivity contribution in [1.82, 2.24) is 10.2 Å². The van der Waals surface area contributed by atoms with Gasteiger partial charge in [0.2, 0.25) is 5.91 Å². The third-order valence-corrected chi connectivity index (χ3v) is 3.56. The van der Waals surface area contributed by atoms with E-state index in [1.807, 2.05) is 49.9 Å². The highest BCUT2D eigenvalue weighted by molar-refractivity contribution is 5.81. The topological polar surface area (TPSA) is 41.6 Å². The number of carbonyl (C=O) groups excluding carboxylic acids is 1. The van der Waals surface area contributed by atoms with Gasteiger partial charge in [-0.3, -0.25) is 10.1 Å². The third kappa shape index (κ3) is 4.23. The zero-order valence-electron chi connectivity index (χ0n) is 13.1. The second kappa shape index (κ2) is 7.90. The molecule has 112 valence electrons. The quantitative estimate of drug-likeness (QED) is 0.833. The van der Waals surface area contributed by atoms with Gasteiger partial charge in [0.05, 0.1) is 13.2 Å². The fraction of sp³-hybridized carbons (Fsp3) is 0.562. The molecule has 0 aliphatic rings. The van der Waals surface area contributed by atoms with Gasteiger partial charge in [-0.25, -0.2) is 0 Å². The number of nitrogens with one attached hydrogen (secondary N) is 1. The van der Waals surface area contributed by atoms with Gasteiger partial charge < -0.3 is 9.64 Å². The minimum Gasteiger partial charge on any atom is -0.497 e. The molecule has 1 rings (SSSR count). The Morgan fingerprint density at radius 1 is 1.20 bits per heavy atom. The van der Waals surface area contributed by atoms with Crippen LogP contribution in [0.2, 0.25) is 0 Å². The molecule has 0 aliphatic carbocycles. The zero-order valence-corrected chi connectivity index (χ0v) is 13.1. The Labute approximate surface area is 122 Å². The zero-order chi connectivity index (χ0) is 15.1. The molecule has 0 fully saturated rings. The number of benzene rings is 1. The number of methoxy groups -OCH3 is 1. The van der Waals surface area contributed by atoms with Crippen molar-refractivity contribution in [2.45, 2.75) is 39.8 Å². The molecule has 20 heavy (non-hydrogen) atoms. The fourth-order valence-electron chi connectivity index (χ4n) is 2.24. The maximum atomic E-state index is 12.2. The van der Waals surface area contributed by atoms with Crippen LogP contribution in [0.4, 0.5) is 0 Å². The lowest BCUT2D eigenvalue weighted by Crippen LogP contribution is -2.45. The van der Waals surface area contributed by atoms with Crippen molar-refractivity contribution >= 4 is 5.91 Å². The van der Waals surface area contributed by atoms with Gasteiger partial charge in [-0.1, -0.05) is 12.1 Å². The van der Waals surface area contributed by atoms with E-state index in [-0.39, 0.29) is 18.0 Å². The van der Waals surface area contributed by atoms with E-state index in [1.165, 1.54) is 0 Å². The number of hydrogen-bond acceptors (Lipinski definition) is 3. The molecule has 0 radical (unpaired) electrons. The predicted molar refractivity (Wildman–Crippen MR) is 81.9 cm³/mol. The fourth-order valence-corrected chi connectivity index (χ4v) is 2.24. The average Bonchev–Trinajstić information content (AvgIpc) is 2.48. The summed E-state index contributed by atoms with van der Waals surface area (Å²) in [6, 6.07) is 7.84. The summed E-state index contributed by atoms with van der Waals surface area (Å²) < 4.78 is 5.15. The summed E-state index contributed by atoms with van der Waals surface area (Å²) in [5.41, 5.74) is 1.14. The van der Waals surface area contributed by atoms with Crippen molar-refractivity contribution in [3.8, 4) is 5.75 Å². The molecule has 0 saturated heterocycles. The summed E-state index contributed by atoms with van der Waals surface area (Å²) in [4.78, 5) is 14.1. The molecule has 1 aromatic rings. The second-order valence-corrected chi connectivity index (χ2v) is 4.89. The van der Waals surface area contributed by atoms with E-state index in [4.69, 9.17) is 4.74 Å². The van der Waals surface area contributed by atoms with Crippen molar-refractivity contribution in [2.24, 2.45) is 0 Å². The highest BCUT2D eigenvalue weighted by Gasteiger charge is 2.20. The van der Waals surface area contributed by atoms with Crippen LogP contribution in [0.3, 0.4) is 0 Å². The van der Waals surface area contributed by atoms with Gasteiger partial charge >= 0.3 is 0 Å². The molecule has 0 aliphatic heterocycles. The van der Waals surface area contributed by atoms with Gasteiger partial charge in [0.1, 0.15) is 5.75 Å². The van der Waals surface area contributed by atoms with Crippen LogP contribution in [0, 0.1) is 0 Å². The standard InChI is InChI=1S/C16H26N2O2/c1-6-18(7-2)16(19)13(4)17-12(3)14-8-10-15(20-5)11-9-14/h8-13,17H,6-7H2,1-5H3/t12-,13?/m1/s1. The molecule has 1 N–H and O–H groups in total. The van der Waals surface area contributed by atoms with Crippen LogP contribution in [-0.4, -0.2) is 37.0 Å². The van der Waals surface area contributed by atoms with Crippen molar-refractivity contribution < 1.29 is 9.53 Å². The van der Waals surface area contributed by atoms with Crippen LogP contribution in [-0.2, 0) is 4.79 Å². The lowest BCUT2D eigenvalue weighted by molar-refractivity contribution is -0.132. The molecule has 0 bridgehead atoms. The van der Waals surface area contributed by atoms with Crippen molar-refractivity contribution in [3.63, 3.8) is 0 Å². The van der Waals surface area contributed by atoms with Crippen molar-refractivity contribution in [3.05, 3.63) is 29.8 Å². The molecule has 0 spiro atoms. The minimum absolute atomic E-state index is 0.121. The van der Waals surface area contributed by atoms with E-state index in [0.29, 0.717) is 0 Å². The van der Waals surface area contributed by atoms with Crippen LogP contribution in [0.25, 0.3) is 0 Å². The van der Waals surface area contributed by atoms with E-state index < -0.39 is 0 Å². The molecule has 1 unspecified atom stereocenters. The van der Waals surface area contributed by atoms with Gasteiger partial charge in [0, 0.05) is 19.1 Å². The highest BCUT2D eigenvalue weighted by atomic mass is 16.5. The van der Waals surface area contributed by atoms with Crippen LogP contribution in [0.1, 0.15) is 39.3 Å². The smallest absolute Gasteiger partial charge is 0.239 e.